The lowest BCUT2D eigenvalue weighted by molar-refractivity contribution is -0.0585. The molecule has 3 nitrogen and oxygen atoms in total. The number of rotatable bonds is 3. The Bertz CT molecular complexity index is 421. The van der Waals surface area contributed by atoms with Crippen molar-refractivity contribution in [1.82, 2.24) is 0 Å². The Morgan fingerprint density at radius 3 is 2.72 bits per heavy atom. The van der Waals surface area contributed by atoms with Gasteiger partial charge in [0.1, 0.15) is 5.82 Å². The largest absolute Gasteiger partial charge is 0.388 e. The molecule has 100 valence electrons. The topological polar surface area (TPSA) is 55.5 Å². The molecule has 0 aromatic heterocycles. The number of aliphatic hydroxyl groups is 1. The lowest BCUT2D eigenvalue weighted by Crippen LogP contribution is -2.41. The first-order valence-electron chi connectivity index (χ1n) is 6.00. The Morgan fingerprint density at radius 1 is 1.44 bits per heavy atom. The van der Waals surface area contributed by atoms with Crippen LogP contribution in [0.15, 0.2) is 22.7 Å². The monoisotopic (exact) mass is 317 g/mol. The fraction of sp³-hybridized carbons (Fsp3) is 0.538. The standard InChI is InChI=1S/C13H17BrFNO2/c14-11-2-1-9(15)7-10(11)12(17)13(8-16)3-5-18-6-4-13/h1-2,7,12,17H,3-6,8,16H2. The third-order valence-corrected chi connectivity index (χ3v) is 4.45. The summed E-state index contributed by atoms with van der Waals surface area (Å²) in [5, 5.41) is 10.6. The van der Waals surface area contributed by atoms with Crippen molar-refractivity contribution in [3.63, 3.8) is 0 Å². The lowest BCUT2D eigenvalue weighted by Gasteiger charge is -2.40. The summed E-state index contributed by atoms with van der Waals surface area (Å²) in [6.45, 7) is 1.53. The first-order chi connectivity index (χ1) is 8.59. The van der Waals surface area contributed by atoms with E-state index in [-0.39, 0.29) is 5.82 Å². The molecule has 18 heavy (non-hydrogen) atoms. The number of aliphatic hydroxyl groups excluding tert-OH is 1. The molecule has 1 aromatic carbocycles. The van der Waals surface area contributed by atoms with Gasteiger partial charge in [0, 0.05) is 29.6 Å². The second-order valence-corrected chi connectivity index (χ2v) is 5.60. The van der Waals surface area contributed by atoms with Crippen LogP contribution < -0.4 is 5.73 Å². The van der Waals surface area contributed by atoms with E-state index in [1.165, 1.54) is 12.1 Å². The maximum Gasteiger partial charge on any atom is 0.123 e. The quantitative estimate of drug-likeness (QED) is 0.900. The van der Waals surface area contributed by atoms with Gasteiger partial charge in [-0.3, -0.25) is 0 Å². The van der Waals surface area contributed by atoms with Gasteiger partial charge in [0.2, 0.25) is 0 Å². The summed E-state index contributed by atoms with van der Waals surface area (Å²) >= 11 is 3.35. The molecule has 1 saturated heterocycles. The Kier molecular flexibility index (Phi) is 4.37. The molecular weight excluding hydrogens is 301 g/mol. The van der Waals surface area contributed by atoms with Gasteiger partial charge in [0.05, 0.1) is 6.10 Å². The molecule has 1 heterocycles. The number of ether oxygens (including phenoxy) is 1. The third kappa shape index (κ3) is 2.59. The molecule has 3 N–H and O–H groups in total. The highest BCUT2D eigenvalue weighted by Gasteiger charge is 2.40. The summed E-state index contributed by atoms with van der Waals surface area (Å²) in [4.78, 5) is 0. The van der Waals surface area contributed by atoms with E-state index >= 15 is 0 Å². The Morgan fingerprint density at radius 2 is 2.11 bits per heavy atom. The van der Waals surface area contributed by atoms with Crippen molar-refractivity contribution in [2.75, 3.05) is 19.8 Å². The first kappa shape index (κ1) is 13.9. The fourth-order valence-electron chi connectivity index (χ4n) is 2.42. The molecule has 1 aliphatic heterocycles. The van der Waals surface area contributed by atoms with Crippen molar-refractivity contribution in [2.45, 2.75) is 18.9 Å². The van der Waals surface area contributed by atoms with Crippen molar-refractivity contribution >= 4 is 15.9 Å². The van der Waals surface area contributed by atoms with Gasteiger partial charge in [-0.2, -0.15) is 0 Å². The number of benzene rings is 1. The number of hydrogen-bond acceptors (Lipinski definition) is 3. The van der Waals surface area contributed by atoms with E-state index in [0.717, 1.165) is 0 Å². The second-order valence-electron chi connectivity index (χ2n) is 4.75. The average Bonchev–Trinajstić information content (AvgIpc) is 2.41. The van der Waals surface area contributed by atoms with Crippen LogP contribution in [0.1, 0.15) is 24.5 Å². The van der Waals surface area contributed by atoms with Gasteiger partial charge >= 0.3 is 0 Å². The predicted molar refractivity (Wildman–Crippen MR) is 70.6 cm³/mol. The third-order valence-electron chi connectivity index (χ3n) is 3.73. The molecule has 1 unspecified atom stereocenters. The summed E-state index contributed by atoms with van der Waals surface area (Å²) in [7, 11) is 0. The summed E-state index contributed by atoms with van der Waals surface area (Å²) in [5.74, 6) is -0.355. The maximum absolute atomic E-state index is 13.3. The summed E-state index contributed by atoms with van der Waals surface area (Å²) in [5.41, 5.74) is 5.98. The van der Waals surface area contributed by atoms with E-state index in [2.05, 4.69) is 15.9 Å². The minimum atomic E-state index is -0.781. The summed E-state index contributed by atoms with van der Waals surface area (Å²) in [6.07, 6.45) is 0.595. The van der Waals surface area contributed by atoms with Gasteiger partial charge in [0.15, 0.2) is 0 Å². The zero-order chi connectivity index (χ0) is 13.2. The molecule has 0 amide bonds. The smallest absolute Gasteiger partial charge is 0.123 e. The van der Waals surface area contributed by atoms with Gasteiger partial charge in [-0.15, -0.1) is 0 Å². The molecule has 2 rings (SSSR count). The molecule has 5 heteroatoms. The van der Waals surface area contributed by atoms with E-state index in [9.17, 15) is 9.50 Å². The summed E-state index contributed by atoms with van der Waals surface area (Å²) in [6, 6.07) is 4.33. The van der Waals surface area contributed by atoms with E-state index in [1.54, 1.807) is 6.07 Å². The van der Waals surface area contributed by atoms with Crippen LogP contribution >= 0.6 is 15.9 Å². The van der Waals surface area contributed by atoms with Crippen LogP contribution in [0, 0.1) is 11.2 Å². The first-order valence-corrected chi connectivity index (χ1v) is 6.79. The van der Waals surface area contributed by atoms with Crippen LogP contribution in [0.5, 0.6) is 0 Å². The van der Waals surface area contributed by atoms with Crippen LogP contribution in [0.4, 0.5) is 4.39 Å². The molecular formula is C13H17BrFNO2. The van der Waals surface area contributed by atoms with E-state index in [1.807, 2.05) is 0 Å². The van der Waals surface area contributed by atoms with E-state index in [0.29, 0.717) is 42.6 Å². The van der Waals surface area contributed by atoms with E-state index < -0.39 is 11.5 Å². The average molecular weight is 318 g/mol. The predicted octanol–water partition coefficient (Wildman–Crippen LogP) is 2.38. The van der Waals surface area contributed by atoms with Crippen LogP contribution in [-0.2, 0) is 4.74 Å². The molecule has 0 radical (unpaired) electrons. The van der Waals surface area contributed by atoms with Crippen LogP contribution in [0.25, 0.3) is 0 Å². The Labute approximate surface area is 114 Å². The summed E-state index contributed by atoms with van der Waals surface area (Å²) < 4.78 is 19.3. The van der Waals surface area contributed by atoms with Crippen LogP contribution in [0.3, 0.4) is 0 Å². The normalized spacial score (nSPS) is 20.7. The highest BCUT2D eigenvalue weighted by atomic mass is 79.9. The molecule has 0 saturated carbocycles. The van der Waals surface area contributed by atoms with Crippen molar-refractivity contribution in [3.05, 3.63) is 34.1 Å². The van der Waals surface area contributed by atoms with Crippen molar-refractivity contribution in [3.8, 4) is 0 Å². The molecule has 0 aliphatic carbocycles. The fourth-order valence-corrected chi connectivity index (χ4v) is 2.88. The molecule has 1 fully saturated rings. The lowest BCUT2D eigenvalue weighted by atomic mass is 9.73. The SMILES string of the molecule is NCC1(C(O)c2cc(F)ccc2Br)CCOCC1. The minimum absolute atomic E-state index is 0.355. The zero-order valence-corrected chi connectivity index (χ0v) is 11.6. The molecule has 1 aliphatic rings. The molecule has 0 bridgehead atoms. The van der Waals surface area contributed by atoms with Crippen molar-refractivity contribution in [1.29, 1.82) is 0 Å². The second kappa shape index (κ2) is 5.65. The van der Waals surface area contributed by atoms with Gasteiger partial charge < -0.3 is 15.6 Å². The molecule has 1 atom stereocenters. The van der Waals surface area contributed by atoms with E-state index in [4.69, 9.17) is 10.5 Å². The number of halogens is 2. The van der Waals surface area contributed by atoms with Gasteiger partial charge in [-0.05, 0) is 36.6 Å². The van der Waals surface area contributed by atoms with Crippen LogP contribution in [-0.4, -0.2) is 24.9 Å². The molecule has 1 aromatic rings. The van der Waals surface area contributed by atoms with Gasteiger partial charge in [-0.1, -0.05) is 15.9 Å². The van der Waals surface area contributed by atoms with Gasteiger partial charge in [-0.25, -0.2) is 4.39 Å². The number of hydrogen-bond donors (Lipinski definition) is 2. The van der Waals surface area contributed by atoms with Crippen molar-refractivity contribution in [2.24, 2.45) is 11.1 Å². The number of nitrogens with two attached hydrogens (primary N) is 1. The highest BCUT2D eigenvalue weighted by molar-refractivity contribution is 9.10. The van der Waals surface area contributed by atoms with Crippen molar-refractivity contribution < 1.29 is 14.2 Å². The highest BCUT2D eigenvalue weighted by Crippen LogP contribution is 2.43. The molecule has 0 spiro atoms. The Balaban J connectivity index is 2.33. The van der Waals surface area contributed by atoms with Crippen LogP contribution in [0.2, 0.25) is 0 Å². The van der Waals surface area contributed by atoms with Gasteiger partial charge in [0.25, 0.3) is 0 Å². The zero-order valence-electron chi connectivity index (χ0n) is 10.0. The minimum Gasteiger partial charge on any atom is -0.388 e. The Hall–Kier alpha value is -0.490. The maximum atomic E-state index is 13.3.